The van der Waals surface area contributed by atoms with Gasteiger partial charge in [0.1, 0.15) is 5.69 Å². The van der Waals surface area contributed by atoms with Crippen LogP contribution in [-0.2, 0) is 19.3 Å². The Kier molecular flexibility index (Phi) is 4.69. The van der Waals surface area contributed by atoms with Gasteiger partial charge in [-0.15, -0.1) is 0 Å². The summed E-state index contributed by atoms with van der Waals surface area (Å²) in [5.74, 6) is 1.10. The van der Waals surface area contributed by atoms with Crippen LogP contribution in [0.25, 0.3) is 11.6 Å². The molecule has 1 aliphatic carbocycles. The maximum atomic E-state index is 5.19. The highest BCUT2D eigenvalue weighted by atomic mass is 16.5. The van der Waals surface area contributed by atoms with Crippen LogP contribution in [0.3, 0.4) is 0 Å². The first-order valence-electron chi connectivity index (χ1n) is 10.3. The summed E-state index contributed by atoms with van der Waals surface area (Å²) in [4.78, 5) is 11.5. The van der Waals surface area contributed by atoms with E-state index in [-0.39, 0.29) is 0 Å². The second-order valence-electron chi connectivity index (χ2n) is 8.10. The Hall–Kier alpha value is -2.53. The standard InChI is InChI=1S/C23H26N4O/c1-16-25-23(28-26-16)22-8-6-18(15-24-22)13-17-5-7-19-9-11-27(21-3-2-4-21)12-10-20(19)14-17/h5-8,14-15,21H,2-4,9-13H2,1H3. The van der Waals surface area contributed by atoms with Crippen molar-refractivity contribution >= 4 is 0 Å². The number of benzene rings is 1. The Balaban J connectivity index is 1.28. The highest BCUT2D eigenvalue weighted by Gasteiger charge is 2.26. The summed E-state index contributed by atoms with van der Waals surface area (Å²) in [5.41, 5.74) is 6.35. The van der Waals surface area contributed by atoms with E-state index in [1.54, 1.807) is 0 Å². The lowest BCUT2D eigenvalue weighted by atomic mass is 9.91. The van der Waals surface area contributed by atoms with Crippen LogP contribution in [0.1, 0.15) is 47.3 Å². The van der Waals surface area contributed by atoms with E-state index >= 15 is 0 Å². The van der Waals surface area contributed by atoms with Gasteiger partial charge in [0.15, 0.2) is 5.82 Å². The Morgan fingerprint density at radius 2 is 1.86 bits per heavy atom. The fraction of sp³-hybridized carbons (Fsp3) is 0.435. The summed E-state index contributed by atoms with van der Waals surface area (Å²) in [7, 11) is 0. The number of aromatic nitrogens is 3. The maximum Gasteiger partial charge on any atom is 0.276 e. The van der Waals surface area contributed by atoms with Crippen molar-refractivity contribution < 1.29 is 4.52 Å². The van der Waals surface area contributed by atoms with Crippen molar-refractivity contribution in [2.45, 2.75) is 51.5 Å². The zero-order valence-corrected chi connectivity index (χ0v) is 16.4. The Morgan fingerprint density at radius 3 is 2.54 bits per heavy atom. The molecule has 1 saturated carbocycles. The van der Waals surface area contributed by atoms with Crippen molar-refractivity contribution in [1.82, 2.24) is 20.0 Å². The van der Waals surface area contributed by atoms with E-state index in [1.807, 2.05) is 19.2 Å². The van der Waals surface area contributed by atoms with E-state index in [4.69, 9.17) is 4.52 Å². The van der Waals surface area contributed by atoms with Crippen LogP contribution in [0.2, 0.25) is 0 Å². The normalized spacial score (nSPS) is 17.8. The smallest absolute Gasteiger partial charge is 0.276 e. The molecule has 28 heavy (non-hydrogen) atoms. The van der Waals surface area contributed by atoms with Crippen LogP contribution in [0.4, 0.5) is 0 Å². The van der Waals surface area contributed by atoms with Gasteiger partial charge in [-0.3, -0.25) is 9.88 Å². The molecule has 0 atom stereocenters. The molecule has 0 spiro atoms. The number of fused-ring (bicyclic) bond motifs is 1. The molecule has 0 N–H and O–H groups in total. The molecule has 2 aliphatic rings. The minimum absolute atomic E-state index is 0.477. The molecule has 3 heterocycles. The van der Waals surface area contributed by atoms with Gasteiger partial charge < -0.3 is 4.52 Å². The first-order valence-corrected chi connectivity index (χ1v) is 10.3. The van der Waals surface area contributed by atoms with Crippen LogP contribution >= 0.6 is 0 Å². The lowest BCUT2D eigenvalue weighted by molar-refractivity contribution is 0.133. The van der Waals surface area contributed by atoms with Gasteiger partial charge in [0, 0.05) is 25.3 Å². The number of pyridine rings is 1. The van der Waals surface area contributed by atoms with Crippen LogP contribution in [0, 0.1) is 6.92 Å². The predicted molar refractivity (Wildman–Crippen MR) is 108 cm³/mol. The Labute approximate surface area is 165 Å². The van der Waals surface area contributed by atoms with E-state index in [2.05, 4.69) is 44.3 Å². The van der Waals surface area contributed by atoms with Crippen molar-refractivity contribution in [2.24, 2.45) is 0 Å². The molecule has 0 saturated heterocycles. The fourth-order valence-corrected chi connectivity index (χ4v) is 4.32. The Bertz CT molecular complexity index is 959. The average molecular weight is 374 g/mol. The molecular weight excluding hydrogens is 348 g/mol. The topological polar surface area (TPSA) is 55.1 Å². The third-order valence-corrected chi connectivity index (χ3v) is 6.18. The summed E-state index contributed by atoms with van der Waals surface area (Å²) >= 11 is 0. The summed E-state index contributed by atoms with van der Waals surface area (Å²) in [6.07, 6.45) is 9.38. The van der Waals surface area contributed by atoms with Gasteiger partial charge in [0.2, 0.25) is 0 Å². The molecule has 1 aromatic carbocycles. The van der Waals surface area contributed by atoms with Crippen molar-refractivity contribution in [3.8, 4) is 11.6 Å². The largest absolute Gasteiger partial charge is 0.332 e. The van der Waals surface area contributed by atoms with Gasteiger partial charge in [-0.25, -0.2) is 0 Å². The second-order valence-corrected chi connectivity index (χ2v) is 8.10. The second kappa shape index (κ2) is 7.47. The van der Waals surface area contributed by atoms with Crippen molar-refractivity contribution in [3.63, 3.8) is 0 Å². The van der Waals surface area contributed by atoms with Gasteiger partial charge >= 0.3 is 0 Å². The third-order valence-electron chi connectivity index (χ3n) is 6.18. The summed E-state index contributed by atoms with van der Waals surface area (Å²) < 4.78 is 5.19. The number of hydrogen-bond donors (Lipinski definition) is 0. The summed E-state index contributed by atoms with van der Waals surface area (Å²) in [6.45, 7) is 4.24. The molecule has 0 radical (unpaired) electrons. The SMILES string of the molecule is Cc1noc(-c2ccc(Cc3ccc4c(c3)CCN(C3CCC3)CC4)cn2)n1. The predicted octanol–water partition coefficient (Wildman–Crippen LogP) is 3.98. The molecule has 1 fully saturated rings. The number of rotatable bonds is 4. The first-order chi connectivity index (χ1) is 13.7. The molecule has 3 aromatic rings. The van der Waals surface area contributed by atoms with Crippen LogP contribution in [0.5, 0.6) is 0 Å². The minimum Gasteiger partial charge on any atom is -0.332 e. The molecule has 2 aromatic heterocycles. The molecule has 1 aliphatic heterocycles. The molecule has 5 nitrogen and oxygen atoms in total. The molecule has 0 amide bonds. The van der Waals surface area contributed by atoms with E-state index in [1.165, 1.54) is 67.4 Å². The molecule has 144 valence electrons. The van der Waals surface area contributed by atoms with Gasteiger partial charge in [-0.2, -0.15) is 4.98 Å². The van der Waals surface area contributed by atoms with Crippen molar-refractivity contribution in [1.29, 1.82) is 0 Å². The van der Waals surface area contributed by atoms with Crippen LogP contribution < -0.4 is 0 Å². The zero-order chi connectivity index (χ0) is 18.9. The lowest BCUT2D eigenvalue weighted by Gasteiger charge is -2.36. The lowest BCUT2D eigenvalue weighted by Crippen LogP contribution is -2.41. The van der Waals surface area contributed by atoms with Crippen molar-refractivity contribution in [3.05, 3.63) is 64.6 Å². The van der Waals surface area contributed by atoms with Crippen LogP contribution in [-0.4, -0.2) is 39.2 Å². The Morgan fingerprint density at radius 1 is 1.04 bits per heavy atom. The summed E-state index contributed by atoms with van der Waals surface area (Å²) in [5, 5.41) is 3.83. The van der Waals surface area contributed by atoms with Crippen LogP contribution in [0.15, 0.2) is 41.1 Å². The van der Waals surface area contributed by atoms with Gasteiger partial charge in [-0.05, 0) is 67.3 Å². The van der Waals surface area contributed by atoms with E-state index < -0.39 is 0 Å². The molecule has 5 rings (SSSR count). The molecule has 5 heteroatoms. The van der Waals surface area contributed by atoms with E-state index in [9.17, 15) is 0 Å². The van der Waals surface area contributed by atoms with Crippen molar-refractivity contribution in [2.75, 3.05) is 13.1 Å². The fourth-order valence-electron chi connectivity index (χ4n) is 4.32. The quantitative estimate of drug-likeness (QED) is 0.691. The molecular formula is C23H26N4O. The minimum atomic E-state index is 0.477. The van der Waals surface area contributed by atoms with E-state index in [0.29, 0.717) is 11.7 Å². The van der Waals surface area contributed by atoms with E-state index in [0.717, 1.165) is 18.2 Å². The summed E-state index contributed by atoms with van der Waals surface area (Å²) in [6, 6.07) is 12.0. The first kappa shape index (κ1) is 17.6. The maximum absolute atomic E-state index is 5.19. The van der Waals surface area contributed by atoms with Gasteiger partial charge in [0.25, 0.3) is 5.89 Å². The molecule has 0 unspecified atom stereocenters. The monoisotopic (exact) mass is 374 g/mol. The van der Waals surface area contributed by atoms with Gasteiger partial charge in [-0.1, -0.05) is 35.8 Å². The zero-order valence-electron chi connectivity index (χ0n) is 16.4. The molecule has 0 bridgehead atoms. The highest BCUT2D eigenvalue weighted by Crippen LogP contribution is 2.28. The van der Waals surface area contributed by atoms with Gasteiger partial charge in [0.05, 0.1) is 0 Å². The third kappa shape index (κ3) is 3.59. The number of hydrogen-bond acceptors (Lipinski definition) is 5. The number of nitrogens with zero attached hydrogens (tertiary/aromatic N) is 4. The highest BCUT2D eigenvalue weighted by molar-refractivity contribution is 5.47. The average Bonchev–Trinajstić information content (AvgIpc) is 3.00. The number of aryl methyl sites for hydroxylation is 1.